The van der Waals surface area contributed by atoms with E-state index in [4.69, 9.17) is 13.9 Å². The highest BCUT2D eigenvalue weighted by Crippen LogP contribution is 2.25. The van der Waals surface area contributed by atoms with E-state index in [-0.39, 0.29) is 6.01 Å². The van der Waals surface area contributed by atoms with E-state index in [1.54, 1.807) is 18.2 Å². The van der Waals surface area contributed by atoms with Crippen LogP contribution < -0.4 is 14.8 Å². The number of carbonyl (C=O) groups excluding carboxylic acids is 1. The molecule has 0 fully saturated rings. The first-order chi connectivity index (χ1) is 12.1. The lowest BCUT2D eigenvalue weighted by Crippen LogP contribution is -2.12. The molecule has 8 heteroatoms. The van der Waals surface area contributed by atoms with Gasteiger partial charge >= 0.3 is 6.01 Å². The number of aromatic nitrogens is 2. The zero-order valence-corrected chi connectivity index (χ0v) is 15.0. The molecule has 3 aromatic rings. The monoisotopic (exact) mass is 403 g/mol. The minimum absolute atomic E-state index is 0.00163. The minimum Gasteiger partial charge on any atom is -0.497 e. The van der Waals surface area contributed by atoms with Crippen LogP contribution in [0.4, 0.5) is 6.01 Å². The van der Waals surface area contributed by atoms with Crippen molar-refractivity contribution < 1.29 is 18.7 Å². The fourth-order valence-electron chi connectivity index (χ4n) is 2.12. The first-order valence-corrected chi connectivity index (χ1v) is 8.02. The lowest BCUT2D eigenvalue weighted by Gasteiger charge is -2.07. The van der Waals surface area contributed by atoms with Crippen molar-refractivity contribution >= 4 is 27.9 Å². The molecule has 0 bridgehead atoms. The molecule has 0 radical (unpaired) electrons. The first kappa shape index (κ1) is 17.0. The van der Waals surface area contributed by atoms with E-state index in [0.29, 0.717) is 23.0 Å². The summed E-state index contributed by atoms with van der Waals surface area (Å²) in [4.78, 5) is 12.4. The Bertz CT molecular complexity index is 888. The maximum absolute atomic E-state index is 12.4. The van der Waals surface area contributed by atoms with Gasteiger partial charge in [-0.05, 0) is 30.3 Å². The second kappa shape index (κ2) is 7.35. The molecule has 0 atom stereocenters. The molecule has 0 aliphatic carbocycles. The lowest BCUT2D eigenvalue weighted by atomic mass is 10.2. The van der Waals surface area contributed by atoms with Gasteiger partial charge in [0.1, 0.15) is 11.5 Å². The Morgan fingerprint density at radius 2 is 1.80 bits per heavy atom. The van der Waals surface area contributed by atoms with Crippen LogP contribution in [0.15, 0.2) is 51.4 Å². The number of carbonyl (C=O) groups is 1. The lowest BCUT2D eigenvalue weighted by molar-refractivity contribution is 0.102. The Kier molecular flexibility index (Phi) is 4.99. The number of anilines is 1. The van der Waals surface area contributed by atoms with Crippen LogP contribution >= 0.6 is 15.9 Å². The van der Waals surface area contributed by atoms with Crippen molar-refractivity contribution in [1.82, 2.24) is 10.2 Å². The largest absolute Gasteiger partial charge is 0.497 e. The summed E-state index contributed by atoms with van der Waals surface area (Å²) in [6, 6.07) is 12.3. The quantitative estimate of drug-likeness (QED) is 0.697. The third kappa shape index (κ3) is 3.97. The fraction of sp³-hybridized carbons (Fsp3) is 0.118. The standard InChI is InChI=1S/C17H14BrN3O4/c1-23-13-7-11(8-14(9-13)24-2)15(22)19-17-21-20-16(25-17)10-4-3-5-12(18)6-10/h3-9H,1-2H3,(H,19,21,22). The molecular weight excluding hydrogens is 390 g/mol. The summed E-state index contributed by atoms with van der Waals surface area (Å²) in [5, 5.41) is 10.4. The van der Waals surface area contributed by atoms with Crippen LogP contribution in [-0.4, -0.2) is 30.3 Å². The molecule has 1 N–H and O–H groups in total. The Hall–Kier alpha value is -2.87. The summed E-state index contributed by atoms with van der Waals surface area (Å²) in [7, 11) is 3.03. The molecule has 0 aliphatic heterocycles. The molecular formula is C17H14BrN3O4. The smallest absolute Gasteiger partial charge is 0.322 e. The second-order valence-corrected chi connectivity index (χ2v) is 5.89. The maximum atomic E-state index is 12.4. The molecule has 0 spiro atoms. The molecule has 3 rings (SSSR count). The molecule has 0 saturated carbocycles. The van der Waals surface area contributed by atoms with Gasteiger partial charge in [-0.25, -0.2) is 0 Å². The van der Waals surface area contributed by atoms with Gasteiger partial charge in [0.15, 0.2) is 0 Å². The zero-order chi connectivity index (χ0) is 17.8. The number of hydrogen-bond acceptors (Lipinski definition) is 6. The van der Waals surface area contributed by atoms with E-state index in [9.17, 15) is 4.79 Å². The molecule has 0 saturated heterocycles. The Labute approximate surface area is 152 Å². The van der Waals surface area contributed by atoms with Crippen molar-refractivity contribution in [3.8, 4) is 23.0 Å². The molecule has 1 aromatic heterocycles. The number of benzene rings is 2. The normalized spacial score (nSPS) is 10.4. The molecule has 0 aliphatic rings. The van der Waals surface area contributed by atoms with Crippen LogP contribution in [0.3, 0.4) is 0 Å². The maximum Gasteiger partial charge on any atom is 0.322 e. The van der Waals surface area contributed by atoms with Gasteiger partial charge in [-0.1, -0.05) is 27.1 Å². The van der Waals surface area contributed by atoms with Gasteiger partial charge in [-0.3, -0.25) is 10.1 Å². The first-order valence-electron chi connectivity index (χ1n) is 7.23. The number of methoxy groups -OCH3 is 2. The number of amides is 1. The van der Waals surface area contributed by atoms with Gasteiger partial charge in [0.25, 0.3) is 5.91 Å². The second-order valence-electron chi connectivity index (χ2n) is 4.98. The highest BCUT2D eigenvalue weighted by Gasteiger charge is 2.15. The number of halogens is 1. The number of nitrogens with zero attached hydrogens (tertiary/aromatic N) is 2. The molecule has 25 heavy (non-hydrogen) atoms. The van der Waals surface area contributed by atoms with E-state index < -0.39 is 5.91 Å². The van der Waals surface area contributed by atoms with Crippen molar-refractivity contribution in [2.75, 3.05) is 19.5 Å². The molecule has 1 amide bonds. The molecule has 0 unspecified atom stereocenters. The summed E-state index contributed by atoms with van der Waals surface area (Å²) in [5.41, 5.74) is 1.09. The average molecular weight is 404 g/mol. The van der Waals surface area contributed by atoms with Crippen molar-refractivity contribution in [3.05, 3.63) is 52.5 Å². The Balaban J connectivity index is 1.80. The molecule has 1 heterocycles. The van der Waals surface area contributed by atoms with Crippen LogP contribution in [0.5, 0.6) is 11.5 Å². The molecule has 7 nitrogen and oxygen atoms in total. The van der Waals surface area contributed by atoms with Gasteiger partial charge in [0.05, 0.1) is 14.2 Å². The van der Waals surface area contributed by atoms with Gasteiger partial charge in [-0.2, -0.15) is 0 Å². The molecule has 2 aromatic carbocycles. The van der Waals surface area contributed by atoms with Gasteiger partial charge in [0.2, 0.25) is 5.89 Å². The van der Waals surface area contributed by atoms with Crippen molar-refractivity contribution in [1.29, 1.82) is 0 Å². The highest BCUT2D eigenvalue weighted by atomic mass is 79.9. The minimum atomic E-state index is -0.415. The summed E-state index contributed by atoms with van der Waals surface area (Å²) < 4.78 is 16.7. The fourth-order valence-corrected chi connectivity index (χ4v) is 2.52. The summed E-state index contributed by atoms with van der Waals surface area (Å²) in [6.07, 6.45) is 0. The Morgan fingerprint density at radius 3 is 2.44 bits per heavy atom. The number of ether oxygens (including phenoxy) is 2. The van der Waals surface area contributed by atoms with E-state index >= 15 is 0 Å². The van der Waals surface area contributed by atoms with Crippen LogP contribution in [-0.2, 0) is 0 Å². The zero-order valence-electron chi connectivity index (χ0n) is 13.4. The van der Waals surface area contributed by atoms with Crippen molar-refractivity contribution in [2.24, 2.45) is 0 Å². The topological polar surface area (TPSA) is 86.5 Å². The summed E-state index contributed by atoms with van der Waals surface area (Å²) >= 11 is 3.38. The number of nitrogens with one attached hydrogen (secondary N) is 1. The van der Waals surface area contributed by atoms with Gasteiger partial charge in [-0.15, -0.1) is 5.10 Å². The van der Waals surface area contributed by atoms with Gasteiger partial charge in [0, 0.05) is 21.7 Å². The molecule has 128 valence electrons. The van der Waals surface area contributed by atoms with Crippen molar-refractivity contribution in [2.45, 2.75) is 0 Å². The third-order valence-electron chi connectivity index (χ3n) is 3.33. The van der Waals surface area contributed by atoms with E-state index in [2.05, 4.69) is 31.4 Å². The van der Waals surface area contributed by atoms with Crippen LogP contribution in [0.2, 0.25) is 0 Å². The number of rotatable bonds is 5. The SMILES string of the molecule is COc1cc(OC)cc(C(=O)Nc2nnc(-c3cccc(Br)c3)o2)c1. The summed E-state index contributed by atoms with van der Waals surface area (Å²) in [6.45, 7) is 0. The third-order valence-corrected chi connectivity index (χ3v) is 3.82. The Morgan fingerprint density at radius 1 is 1.08 bits per heavy atom. The average Bonchev–Trinajstić information content (AvgIpc) is 3.09. The van der Waals surface area contributed by atoms with E-state index in [1.807, 2.05) is 24.3 Å². The van der Waals surface area contributed by atoms with Gasteiger partial charge < -0.3 is 13.9 Å². The van der Waals surface area contributed by atoms with E-state index in [1.165, 1.54) is 14.2 Å². The number of hydrogen-bond donors (Lipinski definition) is 1. The predicted molar refractivity (Wildman–Crippen MR) is 94.9 cm³/mol. The highest BCUT2D eigenvalue weighted by molar-refractivity contribution is 9.10. The van der Waals surface area contributed by atoms with Crippen molar-refractivity contribution in [3.63, 3.8) is 0 Å². The van der Waals surface area contributed by atoms with E-state index in [0.717, 1.165) is 10.0 Å². The predicted octanol–water partition coefficient (Wildman–Crippen LogP) is 3.77. The van der Waals surface area contributed by atoms with Crippen LogP contribution in [0.1, 0.15) is 10.4 Å². The van der Waals surface area contributed by atoms with Crippen LogP contribution in [0, 0.1) is 0 Å². The van der Waals surface area contributed by atoms with Crippen LogP contribution in [0.25, 0.3) is 11.5 Å². The summed E-state index contributed by atoms with van der Waals surface area (Å²) in [5.74, 6) is 0.899.